The minimum absolute atomic E-state index is 0.0440. The predicted molar refractivity (Wildman–Crippen MR) is 45.3 cm³/mol. The molecule has 0 aliphatic carbocycles. The fourth-order valence-corrected chi connectivity index (χ4v) is 2.25. The van der Waals surface area contributed by atoms with Gasteiger partial charge >= 0.3 is 0 Å². The first-order valence-corrected chi connectivity index (χ1v) is 4.86. The molecule has 0 fully saturated rings. The first kappa shape index (κ1) is 7.82. The third-order valence-corrected chi connectivity index (χ3v) is 2.91. The molecule has 12 heavy (non-hydrogen) atoms. The fraction of sp³-hybridized carbons (Fsp3) is 0. The molecule has 5 heteroatoms. The van der Waals surface area contributed by atoms with Gasteiger partial charge in [0.15, 0.2) is 5.13 Å². The minimum atomic E-state index is -0.512. The molecule has 0 spiro atoms. The summed E-state index contributed by atoms with van der Waals surface area (Å²) >= 11 is 1.99. The summed E-state index contributed by atoms with van der Waals surface area (Å²) in [5, 5.41) is 0.668. The molecule has 2 heterocycles. The highest BCUT2D eigenvalue weighted by Crippen LogP contribution is 2.32. The van der Waals surface area contributed by atoms with E-state index in [-0.39, 0.29) is 5.56 Å². The summed E-state index contributed by atoms with van der Waals surface area (Å²) in [4.78, 5) is 4.28. The quantitative estimate of drug-likeness (QED) is 0.693. The number of hydrogen-bond acceptors (Lipinski definition) is 3. The molecule has 0 radical (unpaired) electrons. The monoisotopic (exact) mass is 203 g/mol. The summed E-state index contributed by atoms with van der Waals surface area (Å²) < 4.78 is 25.9. The minimum Gasteiger partial charge on any atom is -0.252 e. The van der Waals surface area contributed by atoms with Crippen LogP contribution in [0.1, 0.15) is 0 Å². The van der Waals surface area contributed by atoms with E-state index in [2.05, 4.69) is 4.98 Å². The number of aromatic nitrogens is 1. The van der Waals surface area contributed by atoms with Crippen LogP contribution in [0.5, 0.6) is 0 Å². The zero-order chi connectivity index (χ0) is 8.55. The highest BCUT2D eigenvalue weighted by atomic mass is 32.1. The Bertz CT molecular complexity index is 361. The number of thiophene rings is 1. The third kappa shape index (κ3) is 1.15. The molecule has 0 saturated heterocycles. The highest BCUT2D eigenvalue weighted by Gasteiger charge is 2.14. The molecule has 62 valence electrons. The van der Waals surface area contributed by atoms with Crippen LogP contribution in [0.4, 0.5) is 8.78 Å². The van der Waals surface area contributed by atoms with Gasteiger partial charge in [-0.15, -0.1) is 22.7 Å². The molecule has 0 bridgehead atoms. The van der Waals surface area contributed by atoms with Crippen molar-refractivity contribution < 1.29 is 8.78 Å². The number of halogens is 2. The van der Waals surface area contributed by atoms with Gasteiger partial charge in [-0.2, -0.15) is 4.39 Å². The van der Waals surface area contributed by atoms with Crippen molar-refractivity contribution in [1.82, 2.24) is 4.98 Å². The van der Waals surface area contributed by atoms with Crippen LogP contribution >= 0.6 is 22.7 Å². The molecule has 0 aromatic carbocycles. The fourth-order valence-electron chi connectivity index (χ4n) is 0.869. The van der Waals surface area contributed by atoms with Crippen molar-refractivity contribution in [3.05, 3.63) is 28.0 Å². The summed E-state index contributed by atoms with van der Waals surface area (Å²) in [7, 11) is 0. The van der Waals surface area contributed by atoms with Crippen LogP contribution in [0.2, 0.25) is 0 Å². The number of rotatable bonds is 1. The van der Waals surface area contributed by atoms with Crippen molar-refractivity contribution in [3.8, 4) is 10.4 Å². The van der Waals surface area contributed by atoms with Gasteiger partial charge < -0.3 is 0 Å². The van der Waals surface area contributed by atoms with E-state index in [1.54, 1.807) is 5.51 Å². The Morgan fingerprint density at radius 1 is 1.25 bits per heavy atom. The second-order valence-corrected chi connectivity index (χ2v) is 3.81. The van der Waals surface area contributed by atoms with Crippen molar-refractivity contribution in [2.45, 2.75) is 0 Å². The van der Waals surface area contributed by atoms with Crippen LogP contribution in [-0.4, -0.2) is 4.98 Å². The van der Waals surface area contributed by atoms with Gasteiger partial charge in [0.1, 0.15) is 5.82 Å². The second-order valence-electron chi connectivity index (χ2n) is 2.10. The molecule has 2 aromatic rings. The normalized spacial score (nSPS) is 10.5. The van der Waals surface area contributed by atoms with Gasteiger partial charge in [0, 0.05) is 11.6 Å². The van der Waals surface area contributed by atoms with E-state index >= 15 is 0 Å². The van der Waals surface area contributed by atoms with Gasteiger partial charge in [-0.3, -0.25) is 4.98 Å². The van der Waals surface area contributed by atoms with Crippen LogP contribution in [0, 0.1) is 10.9 Å². The first-order chi connectivity index (χ1) is 5.79. The molecule has 0 saturated carbocycles. The Balaban J connectivity index is 2.60. The molecule has 2 aromatic heterocycles. The van der Waals surface area contributed by atoms with Gasteiger partial charge in [0.05, 0.1) is 16.0 Å². The number of hydrogen-bond donors (Lipinski definition) is 0. The standard InChI is InChI=1S/C7H3F2NS2/c8-4-2-11-7(9)6(4)5-1-10-3-12-5/h1-3H. The maximum Gasteiger partial charge on any atom is 0.188 e. The lowest BCUT2D eigenvalue weighted by atomic mass is 10.3. The van der Waals surface area contributed by atoms with Gasteiger partial charge in [0.25, 0.3) is 0 Å². The van der Waals surface area contributed by atoms with Crippen LogP contribution in [0.3, 0.4) is 0 Å². The van der Waals surface area contributed by atoms with Crippen LogP contribution in [0.25, 0.3) is 10.4 Å². The highest BCUT2D eigenvalue weighted by molar-refractivity contribution is 7.14. The van der Waals surface area contributed by atoms with Gasteiger partial charge in [-0.1, -0.05) is 0 Å². The summed E-state index contributed by atoms with van der Waals surface area (Å²) in [6.07, 6.45) is 1.46. The average molecular weight is 203 g/mol. The van der Waals surface area contributed by atoms with Gasteiger partial charge in [-0.05, 0) is 0 Å². The maximum atomic E-state index is 12.9. The lowest BCUT2D eigenvalue weighted by Crippen LogP contribution is -1.75. The molecule has 0 atom stereocenters. The van der Waals surface area contributed by atoms with E-state index < -0.39 is 10.9 Å². The van der Waals surface area contributed by atoms with E-state index in [9.17, 15) is 8.78 Å². The summed E-state index contributed by atoms with van der Waals surface area (Å²) in [5.41, 5.74) is 1.59. The van der Waals surface area contributed by atoms with Crippen molar-refractivity contribution in [3.63, 3.8) is 0 Å². The Kier molecular flexibility index (Phi) is 1.90. The van der Waals surface area contributed by atoms with Crippen molar-refractivity contribution in [2.75, 3.05) is 0 Å². The smallest absolute Gasteiger partial charge is 0.188 e. The largest absolute Gasteiger partial charge is 0.252 e. The van der Waals surface area contributed by atoms with Gasteiger partial charge in [0.2, 0.25) is 0 Å². The lowest BCUT2D eigenvalue weighted by Gasteiger charge is -1.90. The Morgan fingerprint density at radius 3 is 2.58 bits per heavy atom. The molecular formula is C7H3F2NS2. The number of nitrogens with zero attached hydrogens (tertiary/aromatic N) is 1. The van der Waals surface area contributed by atoms with Crippen molar-refractivity contribution in [1.29, 1.82) is 0 Å². The van der Waals surface area contributed by atoms with Crippen LogP contribution in [0.15, 0.2) is 17.1 Å². The zero-order valence-corrected chi connectivity index (χ0v) is 7.38. The van der Waals surface area contributed by atoms with E-state index in [0.717, 1.165) is 16.7 Å². The Labute approximate surface area is 75.3 Å². The van der Waals surface area contributed by atoms with Gasteiger partial charge in [-0.25, -0.2) is 4.39 Å². The predicted octanol–water partition coefficient (Wildman–Crippen LogP) is 3.15. The van der Waals surface area contributed by atoms with Crippen molar-refractivity contribution >= 4 is 22.7 Å². The SMILES string of the molecule is Fc1csc(F)c1-c1cncs1. The molecule has 2 rings (SSSR count). The summed E-state index contributed by atoms with van der Waals surface area (Å²) in [5.74, 6) is -0.512. The first-order valence-electron chi connectivity index (χ1n) is 3.10. The summed E-state index contributed by atoms with van der Waals surface area (Å²) in [6.45, 7) is 0. The lowest BCUT2D eigenvalue weighted by molar-refractivity contribution is 0.615. The topological polar surface area (TPSA) is 12.9 Å². The van der Waals surface area contributed by atoms with Crippen LogP contribution in [-0.2, 0) is 0 Å². The molecule has 0 unspecified atom stereocenters. The van der Waals surface area contributed by atoms with E-state index in [0.29, 0.717) is 4.88 Å². The molecular weight excluding hydrogens is 200 g/mol. The molecule has 1 nitrogen and oxygen atoms in total. The Hall–Kier alpha value is -0.810. The van der Waals surface area contributed by atoms with E-state index in [4.69, 9.17) is 0 Å². The molecule has 0 N–H and O–H groups in total. The third-order valence-electron chi connectivity index (χ3n) is 1.38. The maximum absolute atomic E-state index is 12.9. The number of thiazole rings is 1. The average Bonchev–Trinajstić information content (AvgIpc) is 2.61. The van der Waals surface area contributed by atoms with Crippen molar-refractivity contribution in [2.24, 2.45) is 0 Å². The molecule has 0 amide bonds. The molecule has 0 aliphatic rings. The zero-order valence-electron chi connectivity index (χ0n) is 5.75. The molecule has 0 aliphatic heterocycles. The summed E-state index contributed by atoms with van der Waals surface area (Å²) in [6, 6.07) is 0. The Morgan fingerprint density at radius 2 is 2.08 bits per heavy atom. The van der Waals surface area contributed by atoms with Crippen LogP contribution < -0.4 is 0 Å². The second kappa shape index (κ2) is 2.91. The van der Waals surface area contributed by atoms with E-state index in [1.165, 1.54) is 17.5 Å². The van der Waals surface area contributed by atoms with E-state index in [1.807, 2.05) is 0 Å².